The third kappa shape index (κ3) is 3.41. The first kappa shape index (κ1) is 13.6. The van der Waals surface area contributed by atoms with E-state index in [0.29, 0.717) is 16.3 Å². The molecule has 8 aromatic rings. The van der Waals surface area contributed by atoms with E-state index in [2.05, 4.69) is 0 Å². The van der Waals surface area contributed by atoms with E-state index in [1.165, 1.54) is 0 Å². The third-order valence-corrected chi connectivity index (χ3v) is 7.07. The van der Waals surface area contributed by atoms with Crippen LogP contribution in [0.4, 0.5) is 0 Å². The van der Waals surface area contributed by atoms with E-state index in [1.807, 2.05) is 78.9 Å². The van der Waals surface area contributed by atoms with Crippen LogP contribution in [0.3, 0.4) is 0 Å². The van der Waals surface area contributed by atoms with E-state index in [9.17, 15) is 5.48 Å². The van der Waals surface area contributed by atoms with E-state index in [4.69, 9.17) is 14.0 Å². The summed E-state index contributed by atoms with van der Waals surface area (Å²) in [4.78, 5) is 0. The third-order valence-electron chi connectivity index (χ3n) is 7.07. The molecule has 8 rings (SSSR count). The quantitative estimate of drug-likeness (QED) is 0.217. The van der Waals surface area contributed by atoms with Gasteiger partial charge in [0.1, 0.15) is 11.2 Å². The average molecular weight is 508 g/mol. The number of hydrogen-bond acceptors (Lipinski definition) is 1. The molecule has 0 fully saturated rings. The summed E-state index contributed by atoms with van der Waals surface area (Å²) in [5, 5.41) is 2.82. The molecule has 7 aromatic carbocycles. The van der Waals surface area contributed by atoms with Crippen molar-refractivity contribution in [1.29, 1.82) is 0 Å². The second kappa shape index (κ2) is 8.72. The van der Waals surface area contributed by atoms with Gasteiger partial charge >= 0.3 is 0 Å². The normalized spacial score (nSPS) is 15.5. The summed E-state index contributed by atoms with van der Waals surface area (Å²) < 4.78 is 103. The molecule has 0 amide bonds. The Hall–Kier alpha value is -5.14. The van der Waals surface area contributed by atoms with Gasteiger partial charge < -0.3 is 4.42 Å². The molecule has 0 saturated carbocycles. The Balaban J connectivity index is 1.52. The van der Waals surface area contributed by atoms with Crippen LogP contribution >= 0.6 is 0 Å². The van der Waals surface area contributed by atoms with E-state index >= 15 is 0 Å². The van der Waals surface area contributed by atoms with Gasteiger partial charge in [0.2, 0.25) is 0 Å². The van der Waals surface area contributed by atoms with Gasteiger partial charge in [0.05, 0.1) is 15.1 Å². The lowest BCUT2D eigenvalue weighted by Crippen LogP contribution is -1.90. The van der Waals surface area contributed by atoms with E-state index in [-0.39, 0.29) is 38.6 Å². The van der Waals surface area contributed by atoms with Crippen LogP contribution in [-0.4, -0.2) is 0 Å². The van der Waals surface area contributed by atoms with Gasteiger partial charge in [-0.1, -0.05) is 133 Å². The molecule has 0 unspecified atom stereocenters. The van der Waals surface area contributed by atoms with Gasteiger partial charge in [-0.25, -0.2) is 0 Å². The lowest BCUT2D eigenvalue weighted by atomic mass is 9.85. The zero-order valence-electron chi connectivity index (χ0n) is 31.4. The summed E-state index contributed by atoms with van der Waals surface area (Å²) in [5.41, 5.74) is 1.26. The van der Waals surface area contributed by atoms with Gasteiger partial charge in [-0.15, -0.1) is 0 Å². The van der Waals surface area contributed by atoms with Crippen molar-refractivity contribution in [3.05, 3.63) is 145 Å². The Labute approximate surface area is 242 Å². The number of hydrogen-bond donors (Lipinski definition) is 0. The molecule has 182 valence electrons. The highest BCUT2D eigenvalue weighted by Crippen LogP contribution is 2.44. The standard InChI is InChI=1S/C38H24O/c1-2-11-26(12-3-1)36-29-13-4-6-15-31(29)37(32-16-7-5-14-30(32)36)27-23-21-25(22-24-27)28-18-10-20-35-38(28)33-17-8-9-19-34(33)39-35/h1-24H/i8D,9D,10D,17D,18D,19D,20D,21D,22D,23D,24D. The highest BCUT2D eigenvalue weighted by Gasteiger charge is 2.17. The lowest BCUT2D eigenvalue weighted by Gasteiger charge is -2.18. The van der Waals surface area contributed by atoms with Crippen LogP contribution in [0.2, 0.25) is 0 Å². The predicted octanol–water partition coefficient (Wildman–Crippen LogP) is 10.9. The van der Waals surface area contributed by atoms with E-state index in [1.54, 1.807) is 0 Å². The molecule has 1 heteroatoms. The first-order valence-corrected chi connectivity index (χ1v) is 12.5. The highest BCUT2D eigenvalue weighted by atomic mass is 16.3. The number of benzene rings is 7. The summed E-state index contributed by atoms with van der Waals surface area (Å²) >= 11 is 0. The van der Waals surface area contributed by atoms with Gasteiger partial charge in [0.25, 0.3) is 0 Å². The molecule has 1 heterocycles. The van der Waals surface area contributed by atoms with Crippen molar-refractivity contribution >= 4 is 43.5 Å². The topological polar surface area (TPSA) is 13.1 Å². The first-order valence-electron chi connectivity index (χ1n) is 18.0. The molecule has 1 nitrogen and oxygen atoms in total. The summed E-state index contributed by atoms with van der Waals surface area (Å²) in [5.74, 6) is 0. The summed E-state index contributed by atoms with van der Waals surface area (Å²) in [6, 6.07) is 19.4. The minimum absolute atomic E-state index is 0.0423. The van der Waals surface area contributed by atoms with Crippen LogP contribution in [0.1, 0.15) is 15.1 Å². The predicted molar refractivity (Wildman–Crippen MR) is 165 cm³/mol. The molecule has 0 N–H and O–H groups in total. The van der Waals surface area contributed by atoms with Crippen molar-refractivity contribution < 1.29 is 19.5 Å². The molecule has 1 aromatic heterocycles. The van der Waals surface area contributed by atoms with Crippen molar-refractivity contribution in [2.24, 2.45) is 0 Å². The largest absolute Gasteiger partial charge is 0.456 e. The van der Waals surface area contributed by atoms with Crippen molar-refractivity contribution in [3.8, 4) is 33.4 Å². The van der Waals surface area contributed by atoms with Crippen LogP contribution in [-0.2, 0) is 0 Å². The van der Waals surface area contributed by atoms with Crippen molar-refractivity contribution in [2.75, 3.05) is 0 Å². The highest BCUT2D eigenvalue weighted by molar-refractivity contribution is 6.21. The van der Waals surface area contributed by atoms with Crippen LogP contribution in [0.15, 0.2) is 150 Å². The van der Waals surface area contributed by atoms with Gasteiger partial charge in [-0.3, -0.25) is 0 Å². The number of para-hydroxylation sites is 1. The number of fused-ring (bicyclic) bond motifs is 5. The smallest absolute Gasteiger partial charge is 0.136 e. The zero-order valence-corrected chi connectivity index (χ0v) is 20.4. The molecule has 0 aliphatic carbocycles. The minimum Gasteiger partial charge on any atom is -0.456 e. The maximum atomic E-state index is 9.39. The Morgan fingerprint density at radius 1 is 0.410 bits per heavy atom. The molecule has 0 aliphatic heterocycles. The molecular weight excluding hydrogens is 472 g/mol. The first-order chi connectivity index (χ1) is 24.0. The van der Waals surface area contributed by atoms with Crippen LogP contribution < -0.4 is 0 Å². The summed E-state index contributed by atoms with van der Waals surface area (Å²) in [7, 11) is 0. The maximum absolute atomic E-state index is 9.39. The van der Waals surface area contributed by atoms with Gasteiger partial charge in [0.15, 0.2) is 0 Å². The van der Waals surface area contributed by atoms with E-state index in [0.717, 1.165) is 21.9 Å². The molecular formula is C38H24O. The molecule has 0 radical (unpaired) electrons. The lowest BCUT2D eigenvalue weighted by molar-refractivity contribution is 0.669. The molecule has 0 spiro atoms. The van der Waals surface area contributed by atoms with Crippen molar-refractivity contribution in [2.45, 2.75) is 0 Å². The SMILES string of the molecule is [2H]c1c([2H])c(-c2c([2H])c([2H])c([2H])c3oc4c([2H])c([2H])c([2H])c([2H])c4c23)c([2H])c([2H])c1-c1c2ccccc2c(-c2ccccc2)c2ccccc12. The fraction of sp³-hybridized carbons (Fsp3) is 0. The van der Waals surface area contributed by atoms with Crippen molar-refractivity contribution in [1.82, 2.24) is 0 Å². The molecule has 0 bridgehead atoms. The fourth-order valence-corrected chi connectivity index (χ4v) is 5.42. The Kier molecular flexibility index (Phi) is 3.04. The monoisotopic (exact) mass is 507 g/mol. The Morgan fingerprint density at radius 2 is 0.949 bits per heavy atom. The Morgan fingerprint density at radius 3 is 1.62 bits per heavy atom. The molecule has 0 aliphatic rings. The molecule has 0 saturated heterocycles. The van der Waals surface area contributed by atoms with Gasteiger partial charge in [-0.2, -0.15) is 0 Å². The summed E-state index contributed by atoms with van der Waals surface area (Å²) in [6.07, 6.45) is 0. The Bertz CT molecular complexity index is 2680. The second-order valence-electron chi connectivity index (χ2n) is 9.22. The minimum atomic E-state index is -0.615. The van der Waals surface area contributed by atoms with E-state index < -0.39 is 66.5 Å². The van der Waals surface area contributed by atoms with Crippen LogP contribution in [0.25, 0.3) is 76.9 Å². The van der Waals surface area contributed by atoms with Crippen LogP contribution in [0.5, 0.6) is 0 Å². The number of furan rings is 1. The maximum Gasteiger partial charge on any atom is 0.136 e. The zero-order chi connectivity index (χ0) is 35.3. The van der Waals surface area contributed by atoms with Gasteiger partial charge in [-0.05, 0) is 67.0 Å². The fourth-order valence-electron chi connectivity index (χ4n) is 5.42. The van der Waals surface area contributed by atoms with Crippen LogP contribution in [0, 0.1) is 0 Å². The summed E-state index contributed by atoms with van der Waals surface area (Å²) in [6.45, 7) is 0. The molecule has 0 atom stereocenters. The van der Waals surface area contributed by atoms with Crippen molar-refractivity contribution in [3.63, 3.8) is 0 Å². The number of rotatable bonds is 3. The van der Waals surface area contributed by atoms with Gasteiger partial charge in [0, 0.05) is 10.8 Å². The second-order valence-corrected chi connectivity index (χ2v) is 9.22. The average Bonchev–Trinajstić information content (AvgIpc) is 3.53. The molecule has 39 heavy (non-hydrogen) atoms.